The third kappa shape index (κ3) is 4.74. The fourth-order valence-corrected chi connectivity index (χ4v) is 3.07. The molecule has 1 saturated carbocycles. The lowest BCUT2D eigenvalue weighted by Crippen LogP contribution is -2.35. The van der Waals surface area contributed by atoms with Crippen LogP contribution in [0.3, 0.4) is 0 Å². The third-order valence-corrected chi connectivity index (χ3v) is 4.38. The maximum absolute atomic E-state index is 11.9. The molecule has 1 aliphatic carbocycles. The number of rotatable bonds is 4. The second-order valence-corrected chi connectivity index (χ2v) is 5.91. The summed E-state index contributed by atoms with van der Waals surface area (Å²) in [5, 5.41) is 3.85. The SMILES string of the molecule is Nc1cccnc1SCC(=O)NC1CCCCCC1. The predicted octanol–water partition coefficient (Wildman–Crippen LogP) is 2.59. The zero-order chi connectivity index (χ0) is 13.5. The minimum absolute atomic E-state index is 0.0851. The van der Waals surface area contributed by atoms with Crippen LogP contribution in [-0.4, -0.2) is 22.7 Å². The van der Waals surface area contributed by atoms with E-state index >= 15 is 0 Å². The molecule has 0 spiro atoms. The van der Waals surface area contributed by atoms with E-state index in [1.807, 2.05) is 0 Å². The van der Waals surface area contributed by atoms with E-state index in [4.69, 9.17) is 5.73 Å². The number of nitrogen functional groups attached to an aromatic ring is 1. The molecule has 0 unspecified atom stereocenters. The Kier molecular flexibility index (Phi) is 5.51. The van der Waals surface area contributed by atoms with Gasteiger partial charge in [-0.3, -0.25) is 4.79 Å². The van der Waals surface area contributed by atoms with Crippen LogP contribution >= 0.6 is 11.8 Å². The summed E-state index contributed by atoms with van der Waals surface area (Å²) < 4.78 is 0. The molecule has 0 radical (unpaired) electrons. The largest absolute Gasteiger partial charge is 0.397 e. The summed E-state index contributed by atoms with van der Waals surface area (Å²) >= 11 is 1.40. The number of aromatic nitrogens is 1. The summed E-state index contributed by atoms with van der Waals surface area (Å²) in [6, 6.07) is 3.96. The van der Waals surface area contributed by atoms with Gasteiger partial charge in [-0.1, -0.05) is 37.4 Å². The summed E-state index contributed by atoms with van der Waals surface area (Å²) in [4.78, 5) is 16.1. The van der Waals surface area contributed by atoms with E-state index in [9.17, 15) is 4.79 Å². The van der Waals surface area contributed by atoms with Crippen molar-refractivity contribution in [2.45, 2.75) is 49.6 Å². The lowest BCUT2D eigenvalue weighted by atomic mass is 10.1. The van der Waals surface area contributed by atoms with E-state index in [2.05, 4.69) is 10.3 Å². The van der Waals surface area contributed by atoms with Crippen LogP contribution in [0, 0.1) is 0 Å². The van der Waals surface area contributed by atoms with Crippen LogP contribution in [0.25, 0.3) is 0 Å². The molecular weight excluding hydrogens is 258 g/mol. The van der Waals surface area contributed by atoms with Crippen molar-refractivity contribution in [2.24, 2.45) is 0 Å². The quantitative estimate of drug-likeness (QED) is 0.656. The highest BCUT2D eigenvalue weighted by atomic mass is 32.2. The van der Waals surface area contributed by atoms with E-state index in [1.54, 1.807) is 18.3 Å². The van der Waals surface area contributed by atoms with Crippen molar-refractivity contribution in [3.05, 3.63) is 18.3 Å². The summed E-state index contributed by atoms with van der Waals surface area (Å²) in [5.41, 5.74) is 6.43. The molecule has 0 atom stereocenters. The Morgan fingerprint density at radius 2 is 2.11 bits per heavy atom. The molecule has 19 heavy (non-hydrogen) atoms. The molecule has 5 heteroatoms. The molecule has 0 saturated heterocycles. The Balaban J connectivity index is 1.76. The molecule has 1 aliphatic rings. The van der Waals surface area contributed by atoms with Crippen molar-refractivity contribution in [3.63, 3.8) is 0 Å². The number of nitrogens with zero attached hydrogens (tertiary/aromatic N) is 1. The highest BCUT2D eigenvalue weighted by Crippen LogP contribution is 2.22. The van der Waals surface area contributed by atoms with Gasteiger partial charge < -0.3 is 11.1 Å². The highest BCUT2D eigenvalue weighted by Gasteiger charge is 2.15. The Morgan fingerprint density at radius 3 is 2.79 bits per heavy atom. The average molecular weight is 279 g/mol. The molecule has 2 rings (SSSR count). The van der Waals surface area contributed by atoms with Crippen LogP contribution in [0.4, 0.5) is 5.69 Å². The van der Waals surface area contributed by atoms with E-state index in [1.165, 1.54) is 37.4 Å². The van der Waals surface area contributed by atoms with Crippen LogP contribution in [0.15, 0.2) is 23.4 Å². The third-order valence-electron chi connectivity index (χ3n) is 3.36. The number of hydrogen-bond acceptors (Lipinski definition) is 4. The van der Waals surface area contributed by atoms with E-state index in [0.717, 1.165) is 17.9 Å². The molecule has 4 nitrogen and oxygen atoms in total. The first kappa shape index (κ1) is 14.2. The molecule has 1 amide bonds. The fraction of sp³-hybridized carbons (Fsp3) is 0.571. The number of thioether (sulfide) groups is 1. The Bertz CT molecular complexity index is 417. The summed E-state index contributed by atoms with van der Waals surface area (Å²) in [7, 11) is 0. The number of nitrogens with two attached hydrogens (primary N) is 1. The monoisotopic (exact) mass is 279 g/mol. The van der Waals surface area contributed by atoms with Gasteiger partial charge in [0.25, 0.3) is 0 Å². The van der Waals surface area contributed by atoms with Gasteiger partial charge in [0.1, 0.15) is 5.03 Å². The normalized spacial score (nSPS) is 16.8. The molecule has 1 fully saturated rings. The number of carbonyl (C=O) groups excluding carboxylic acids is 1. The lowest BCUT2D eigenvalue weighted by Gasteiger charge is -2.15. The summed E-state index contributed by atoms with van der Waals surface area (Å²) in [6.07, 6.45) is 8.97. The topological polar surface area (TPSA) is 68.0 Å². The fourth-order valence-electron chi connectivity index (χ4n) is 2.35. The lowest BCUT2D eigenvalue weighted by molar-refractivity contribution is -0.119. The van der Waals surface area contributed by atoms with Crippen molar-refractivity contribution in [3.8, 4) is 0 Å². The first-order valence-corrected chi connectivity index (χ1v) is 7.87. The molecule has 1 aromatic rings. The molecule has 0 aromatic carbocycles. The van der Waals surface area contributed by atoms with Crippen molar-refractivity contribution in [2.75, 3.05) is 11.5 Å². The number of hydrogen-bond donors (Lipinski definition) is 2. The molecule has 0 bridgehead atoms. The second-order valence-electron chi connectivity index (χ2n) is 4.94. The van der Waals surface area contributed by atoms with Crippen molar-refractivity contribution < 1.29 is 4.79 Å². The first-order chi connectivity index (χ1) is 9.25. The zero-order valence-electron chi connectivity index (χ0n) is 11.1. The van der Waals surface area contributed by atoms with Crippen LogP contribution in [-0.2, 0) is 4.79 Å². The van der Waals surface area contributed by atoms with Gasteiger partial charge in [-0.15, -0.1) is 0 Å². The Labute approximate surface area is 118 Å². The van der Waals surface area contributed by atoms with E-state index in [0.29, 0.717) is 17.5 Å². The summed E-state index contributed by atoms with van der Waals surface area (Å²) in [5.74, 6) is 0.472. The number of pyridine rings is 1. The standard InChI is InChI=1S/C14H21N3OS/c15-12-8-5-9-16-14(12)19-10-13(18)17-11-6-3-1-2-4-7-11/h5,8-9,11H,1-4,6-7,10,15H2,(H,17,18). The molecule has 0 aliphatic heterocycles. The minimum atomic E-state index is 0.0851. The van der Waals surface area contributed by atoms with Gasteiger partial charge in [0.2, 0.25) is 5.91 Å². The van der Waals surface area contributed by atoms with E-state index in [-0.39, 0.29) is 5.91 Å². The van der Waals surface area contributed by atoms with Crippen molar-refractivity contribution >= 4 is 23.4 Å². The number of nitrogens with one attached hydrogen (secondary N) is 1. The number of amides is 1. The van der Waals surface area contributed by atoms with Gasteiger partial charge in [-0.25, -0.2) is 4.98 Å². The van der Waals surface area contributed by atoms with E-state index < -0.39 is 0 Å². The van der Waals surface area contributed by atoms with Crippen LogP contribution in [0.1, 0.15) is 38.5 Å². The van der Waals surface area contributed by atoms with Gasteiger partial charge in [-0.2, -0.15) is 0 Å². The van der Waals surface area contributed by atoms with Gasteiger partial charge in [-0.05, 0) is 25.0 Å². The van der Waals surface area contributed by atoms with Crippen LogP contribution in [0.5, 0.6) is 0 Å². The van der Waals surface area contributed by atoms with Gasteiger partial charge in [0.15, 0.2) is 0 Å². The summed E-state index contributed by atoms with van der Waals surface area (Å²) in [6.45, 7) is 0. The highest BCUT2D eigenvalue weighted by molar-refractivity contribution is 8.00. The molecule has 104 valence electrons. The maximum atomic E-state index is 11.9. The smallest absolute Gasteiger partial charge is 0.230 e. The number of carbonyl (C=O) groups is 1. The number of anilines is 1. The minimum Gasteiger partial charge on any atom is -0.397 e. The molecule has 3 N–H and O–H groups in total. The zero-order valence-corrected chi connectivity index (χ0v) is 11.9. The molecule has 1 heterocycles. The van der Waals surface area contributed by atoms with Crippen molar-refractivity contribution in [1.29, 1.82) is 0 Å². The van der Waals surface area contributed by atoms with Crippen LogP contribution < -0.4 is 11.1 Å². The Morgan fingerprint density at radius 1 is 1.37 bits per heavy atom. The van der Waals surface area contributed by atoms with Crippen LogP contribution in [0.2, 0.25) is 0 Å². The molecular formula is C14H21N3OS. The van der Waals surface area contributed by atoms with Gasteiger partial charge in [0, 0.05) is 12.2 Å². The van der Waals surface area contributed by atoms with Crippen molar-refractivity contribution in [1.82, 2.24) is 10.3 Å². The van der Waals surface area contributed by atoms with Gasteiger partial charge >= 0.3 is 0 Å². The first-order valence-electron chi connectivity index (χ1n) is 6.88. The average Bonchev–Trinajstić information content (AvgIpc) is 2.66. The van der Waals surface area contributed by atoms with Gasteiger partial charge in [0.05, 0.1) is 11.4 Å². The molecule has 1 aromatic heterocycles. The predicted molar refractivity (Wildman–Crippen MR) is 79.0 cm³/mol. The second kappa shape index (κ2) is 7.38. The maximum Gasteiger partial charge on any atom is 0.230 e. The Hall–Kier alpha value is -1.23.